The van der Waals surface area contributed by atoms with Crippen LogP contribution in [0.25, 0.3) is 0 Å². The van der Waals surface area contributed by atoms with Crippen molar-refractivity contribution in [3.8, 4) is 0 Å². The largest absolute Gasteiger partial charge is 0.308 e. The molecular weight excluding hydrogens is 148 g/mol. The summed E-state index contributed by atoms with van der Waals surface area (Å²) >= 11 is 0. The summed E-state index contributed by atoms with van der Waals surface area (Å²) in [5, 5.41) is 3.41. The smallest absolute Gasteiger partial charge is 0.0271 e. The summed E-state index contributed by atoms with van der Waals surface area (Å²) in [7, 11) is 0. The fourth-order valence-electron chi connectivity index (χ4n) is 0.868. The molecule has 1 aromatic heterocycles. The van der Waals surface area contributed by atoms with Crippen LogP contribution >= 0.6 is 0 Å². The van der Waals surface area contributed by atoms with Gasteiger partial charge >= 0.3 is 0 Å². The number of nitrogens with one attached hydrogen (secondary N) is 1. The Hall–Kier alpha value is -0.890. The molecule has 0 fully saturated rings. The Bertz CT molecular complexity index is 223. The van der Waals surface area contributed by atoms with Crippen LogP contribution in [0.4, 0.5) is 0 Å². The van der Waals surface area contributed by atoms with Crippen molar-refractivity contribution in [2.75, 3.05) is 0 Å². The first kappa shape index (κ1) is 9.20. The molecule has 0 unspecified atom stereocenters. The molecule has 0 amide bonds. The van der Waals surface area contributed by atoms with Crippen LogP contribution in [0.1, 0.15) is 26.3 Å². The van der Waals surface area contributed by atoms with Crippen molar-refractivity contribution in [3.63, 3.8) is 0 Å². The van der Waals surface area contributed by atoms with Gasteiger partial charge in [-0.3, -0.25) is 4.98 Å². The van der Waals surface area contributed by atoms with Crippen LogP contribution in [0.2, 0.25) is 0 Å². The van der Waals surface area contributed by atoms with E-state index < -0.39 is 0 Å². The molecular formula is C10H16N2. The summed E-state index contributed by atoms with van der Waals surface area (Å²) in [6.45, 7) is 7.39. The van der Waals surface area contributed by atoms with E-state index >= 15 is 0 Å². The van der Waals surface area contributed by atoms with Gasteiger partial charge in [-0.1, -0.05) is 0 Å². The van der Waals surface area contributed by atoms with Gasteiger partial charge in [0.2, 0.25) is 0 Å². The molecule has 2 nitrogen and oxygen atoms in total. The van der Waals surface area contributed by atoms with E-state index in [0.29, 0.717) is 0 Å². The molecule has 1 rings (SSSR count). The van der Waals surface area contributed by atoms with E-state index in [0.717, 1.165) is 6.54 Å². The van der Waals surface area contributed by atoms with E-state index in [4.69, 9.17) is 0 Å². The maximum absolute atomic E-state index is 3.96. The van der Waals surface area contributed by atoms with Crippen molar-refractivity contribution in [3.05, 3.63) is 30.1 Å². The standard InChI is InChI=1S/C10H16N2/c1-10(2,3)12-8-9-4-6-11-7-5-9/h4-7,12H,8H2,1-3H3. The molecule has 0 saturated carbocycles. The molecule has 0 aromatic carbocycles. The normalized spacial score (nSPS) is 11.6. The minimum absolute atomic E-state index is 0.184. The lowest BCUT2D eigenvalue weighted by Crippen LogP contribution is -2.35. The van der Waals surface area contributed by atoms with Crippen LogP contribution in [-0.4, -0.2) is 10.5 Å². The maximum Gasteiger partial charge on any atom is 0.0271 e. The van der Waals surface area contributed by atoms with Crippen LogP contribution in [0, 0.1) is 0 Å². The molecule has 0 atom stereocenters. The van der Waals surface area contributed by atoms with Crippen molar-refractivity contribution in [1.29, 1.82) is 0 Å². The Morgan fingerprint density at radius 3 is 2.33 bits per heavy atom. The lowest BCUT2D eigenvalue weighted by molar-refractivity contribution is 0.424. The zero-order chi connectivity index (χ0) is 9.03. The second kappa shape index (κ2) is 3.68. The summed E-state index contributed by atoms with van der Waals surface area (Å²) in [6.07, 6.45) is 3.64. The summed E-state index contributed by atoms with van der Waals surface area (Å²) < 4.78 is 0. The van der Waals surface area contributed by atoms with Crippen molar-refractivity contribution < 1.29 is 0 Å². The molecule has 0 aliphatic carbocycles. The summed E-state index contributed by atoms with van der Waals surface area (Å²) in [5.41, 5.74) is 1.46. The van der Waals surface area contributed by atoms with Gasteiger partial charge in [-0.25, -0.2) is 0 Å². The molecule has 1 aromatic rings. The van der Waals surface area contributed by atoms with Gasteiger partial charge in [0.05, 0.1) is 0 Å². The number of pyridine rings is 1. The lowest BCUT2D eigenvalue weighted by Gasteiger charge is -2.20. The van der Waals surface area contributed by atoms with Crippen molar-refractivity contribution >= 4 is 0 Å². The first-order valence-electron chi connectivity index (χ1n) is 4.22. The van der Waals surface area contributed by atoms with Gasteiger partial charge in [0.25, 0.3) is 0 Å². The molecule has 2 heteroatoms. The molecule has 1 heterocycles. The van der Waals surface area contributed by atoms with E-state index in [-0.39, 0.29) is 5.54 Å². The molecule has 1 N–H and O–H groups in total. The average molecular weight is 164 g/mol. The minimum Gasteiger partial charge on any atom is -0.308 e. The van der Waals surface area contributed by atoms with Gasteiger partial charge in [-0.15, -0.1) is 0 Å². The lowest BCUT2D eigenvalue weighted by atomic mass is 10.1. The zero-order valence-corrected chi connectivity index (χ0v) is 7.96. The van der Waals surface area contributed by atoms with Gasteiger partial charge in [0.1, 0.15) is 0 Å². The predicted octanol–water partition coefficient (Wildman–Crippen LogP) is 1.97. The van der Waals surface area contributed by atoms with Crippen LogP contribution in [0.15, 0.2) is 24.5 Å². The van der Waals surface area contributed by atoms with Crippen molar-refractivity contribution in [2.24, 2.45) is 0 Å². The minimum atomic E-state index is 0.184. The van der Waals surface area contributed by atoms with Crippen molar-refractivity contribution in [1.82, 2.24) is 10.3 Å². The molecule has 12 heavy (non-hydrogen) atoms. The van der Waals surface area contributed by atoms with E-state index in [1.807, 2.05) is 24.5 Å². The summed E-state index contributed by atoms with van der Waals surface area (Å²) in [6, 6.07) is 4.05. The van der Waals surface area contributed by atoms with Crippen LogP contribution in [0.5, 0.6) is 0 Å². The molecule has 0 radical (unpaired) electrons. The third-order valence-corrected chi connectivity index (χ3v) is 1.57. The Kier molecular flexibility index (Phi) is 2.82. The topological polar surface area (TPSA) is 24.9 Å². The fourth-order valence-corrected chi connectivity index (χ4v) is 0.868. The fraction of sp³-hybridized carbons (Fsp3) is 0.500. The SMILES string of the molecule is CC(C)(C)NCc1ccncc1. The number of hydrogen-bond donors (Lipinski definition) is 1. The number of aromatic nitrogens is 1. The van der Waals surface area contributed by atoms with Crippen LogP contribution in [0.3, 0.4) is 0 Å². The van der Waals surface area contributed by atoms with E-state index in [1.165, 1.54) is 5.56 Å². The molecule has 0 saturated heterocycles. The highest BCUT2D eigenvalue weighted by molar-refractivity contribution is 5.09. The Morgan fingerprint density at radius 1 is 1.25 bits per heavy atom. The molecule has 0 bridgehead atoms. The third kappa shape index (κ3) is 3.49. The second-order valence-electron chi connectivity index (χ2n) is 3.96. The molecule has 0 aliphatic heterocycles. The molecule has 66 valence electrons. The highest BCUT2D eigenvalue weighted by Gasteiger charge is 2.07. The highest BCUT2D eigenvalue weighted by Crippen LogP contribution is 2.02. The zero-order valence-electron chi connectivity index (χ0n) is 7.96. The first-order valence-corrected chi connectivity index (χ1v) is 4.22. The van der Waals surface area contributed by atoms with E-state index in [2.05, 4.69) is 31.1 Å². The predicted molar refractivity (Wildman–Crippen MR) is 50.8 cm³/mol. The molecule has 0 spiro atoms. The Balaban J connectivity index is 2.44. The Morgan fingerprint density at radius 2 is 1.83 bits per heavy atom. The summed E-state index contributed by atoms with van der Waals surface area (Å²) in [4.78, 5) is 3.96. The van der Waals surface area contributed by atoms with Gasteiger partial charge < -0.3 is 5.32 Å². The van der Waals surface area contributed by atoms with Gasteiger partial charge in [0, 0.05) is 24.5 Å². The van der Waals surface area contributed by atoms with Crippen molar-refractivity contribution in [2.45, 2.75) is 32.9 Å². The monoisotopic (exact) mass is 164 g/mol. The van der Waals surface area contributed by atoms with Crippen LogP contribution in [-0.2, 0) is 6.54 Å². The van der Waals surface area contributed by atoms with Gasteiger partial charge in [-0.2, -0.15) is 0 Å². The maximum atomic E-state index is 3.96. The Labute approximate surface area is 74.0 Å². The van der Waals surface area contributed by atoms with E-state index in [1.54, 1.807) is 0 Å². The van der Waals surface area contributed by atoms with Gasteiger partial charge in [0.15, 0.2) is 0 Å². The first-order chi connectivity index (χ1) is 5.58. The number of nitrogens with zero attached hydrogens (tertiary/aromatic N) is 1. The second-order valence-corrected chi connectivity index (χ2v) is 3.96. The quantitative estimate of drug-likeness (QED) is 0.723. The third-order valence-electron chi connectivity index (χ3n) is 1.57. The summed E-state index contributed by atoms with van der Waals surface area (Å²) in [5.74, 6) is 0. The van der Waals surface area contributed by atoms with Crippen LogP contribution < -0.4 is 5.32 Å². The number of rotatable bonds is 2. The number of hydrogen-bond acceptors (Lipinski definition) is 2. The van der Waals surface area contributed by atoms with Gasteiger partial charge in [-0.05, 0) is 38.5 Å². The highest BCUT2D eigenvalue weighted by atomic mass is 14.9. The molecule has 0 aliphatic rings. The average Bonchev–Trinajstić information content (AvgIpc) is 2.02. The van der Waals surface area contributed by atoms with E-state index in [9.17, 15) is 0 Å².